The van der Waals surface area contributed by atoms with Crippen molar-refractivity contribution in [1.29, 1.82) is 0 Å². The first-order chi connectivity index (χ1) is 13.5. The highest BCUT2D eigenvalue weighted by molar-refractivity contribution is 6.30. The molecule has 0 bridgehead atoms. The van der Waals surface area contributed by atoms with Gasteiger partial charge >= 0.3 is 6.03 Å². The van der Waals surface area contributed by atoms with Crippen molar-refractivity contribution in [2.24, 2.45) is 0 Å². The largest absolute Gasteiger partial charge is 0.493 e. The third-order valence-corrected chi connectivity index (χ3v) is 4.93. The molecule has 3 rings (SSSR count). The average Bonchev–Trinajstić information content (AvgIpc) is 2.74. The molecule has 1 N–H and O–H groups in total. The number of carbonyl (C=O) groups excluding carboxylic acids is 1. The topological polar surface area (TPSA) is 63.3 Å². The van der Waals surface area contributed by atoms with Gasteiger partial charge in [-0.25, -0.2) is 4.79 Å². The lowest BCUT2D eigenvalue weighted by molar-refractivity contribution is 0.208. The van der Waals surface area contributed by atoms with Gasteiger partial charge in [-0.15, -0.1) is 0 Å². The Morgan fingerprint density at radius 1 is 0.929 bits per heavy atom. The third-order valence-electron chi connectivity index (χ3n) is 4.68. The van der Waals surface area contributed by atoms with Crippen LogP contribution in [0.15, 0.2) is 36.4 Å². The van der Waals surface area contributed by atoms with Crippen molar-refractivity contribution in [3.8, 4) is 17.2 Å². The molecule has 2 aromatic carbocycles. The van der Waals surface area contributed by atoms with Crippen LogP contribution in [0.3, 0.4) is 0 Å². The molecule has 0 unspecified atom stereocenters. The van der Waals surface area contributed by atoms with E-state index in [2.05, 4.69) is 10.2 Å². The second-order valence-corrected chi connectivity index (χ2v) is 6.73. The lowest BCUT2D eigenvalue weighted by Crippen LogP contribution is -2.50. The van der Waals surface area contributed by atoms with Gasteiger partial charge in [0.25, 0.3) is 0 Å². The summed E-state index contributed by atoms with van der Waals surface area (Å²) < 4.78 is 16.2. The molecule has 28 heavy (non-hydrogen) atoms. The van der Waals surface area contributed by atoms with Crippen LogP contribution < -0.4 is 24.4 Å². The number of nitrogens with one attached hydrogen (secondary N) is 1. The van der Waals surface area contributed by atoms with Crippen molar-refractivity contribution in [2.45, 2.75) is 0 Å². The molecule has 0 radical (unpaired) electrons. The Bertz CT molecular complexity index is 796. The van der Waals surface area contributed by atoms with E-state index in [9.17, 15) is 4.79 Å². The van der Waals surface area contributed by atoms with Crippen LogP contribution in [0.4, 0.5) is 16.2 Å². The van der Waals surface area contributed by atoms with E-state index in [-0.39, 0.29) is 6.03 Å². The predicted molar refractivity (Wildman–Crippen MR) is 110 cm³/mol. The molecule has 2 amide bonds. The first kappa shape index (κ1) is 19.9. The Hall–Kier alpha value is -2.80. The predicted octanol–water partition coefficient (Wildman–Crippen LogP) is 3.72. The van der Waals surface area contributed by atoms with Gasteiger partial charge in [-0.2, -0.15) is 0 Å². The van der Waals surface area contributed by atoms with Gasteiger partial charge in [0.15, 0.2) is 11.5 Å². The van der Waals surface area contributed by atoms with Crippen LogP contribution in [0.1, 0.15) is 0 Å². The van der Waals surface area contributed by atoms with Gasteiger partial charge < -0.3 is 29.3 Å². The summed E-state index contributed by atoms with van der Waals surface area (Å²) in [5.74, 6) is 1.79. The SMILES string of the molecule is COc1cc(N2CCN(C(=O)Nc3ccc(Cl)cc3)CC2)cc(OC)c1OC. The molecule has 0 spiro atoms. The minimum Gasteiger partial charge on any atom is -0.493 e. The van der Waals surface area contributed by atoms with Gasteiger partial charge in [-0.3, -0.25) is 0 Å². The highest BCUT2D eigenvalue weighted by atomic mass is 35.5. The molecule has 0 aromatic heterocycles. The van der Waals surface area contributed by atoms with Crippen molar-refractivity contribution >= 4 is 29.0 Å². The summed E-state index contributed by atoms with van der Waals surface area (Å²) in [5.41, 5.74) is 1.69. The number of nitrogens with zero attached hydrogens (tertiary/aromatic N) is 2. The molecule has 1 fully saturated rings. The molecule has 0 saturated carbocycles. The smallest absolute Gasteiger partial charge is 0.321 e. The molecule has 1 aliphatic heterocycles. The second-order valence-electron chi connectivity index (χ2n) is 6.29. The van der Waals surface area contributed by atoms with Crippen LogP contribution in [-0.2, 0) is 0 Å². The molecule has 0 atom stereocenters. The van der Waals surface area contributed by atoms with Crippen LogP contribution in [0.25, 0.3) is 0 Å². The van der Waals surface area contributed by atoms with Gasteiger partial charge in [0, 0.05) is 54.7 Å². The lowest BCUT2D eigenvalue weighted by atomic mass is 10.2. The molecule has 7 nitrogen and oxygen atoms in total. The molecule has 2 aromatic rings. The number of piperazine rings is 1. The number of urea groups is 1. The maximum Gasteiger partial charge on any atom is 0.321 e. The lowest BCUT2D eigenvalue weighted by Gasteiger charge is -2.36. The van der Waals surface area contributed by atoms with Crippen LogP contribution in [0, 0.1) is 0 Å². The first-order valence-corrected chi connectivity index (χ1v) is 9.30. The van der Waals surface area contributed by atoms with Gasteiger partial charge in [0.1, 0.15) is 0 Å². The Labute approximate surface area is 169 Å². The van der Waals surface area contributed by atoms with Crippen molar-refractivity contribution in [2.75, 3.05) is 57.7 Å². The Morgan fingerprint density at radius 2 is 1.50 bits per heavy atom. The van der Waals surface area contributed by atoms with Crippen LogP contribution in [-0.4, -0.2) is 58.4 Å². The number of rotatable bonds is 5. The molecular weight excluding hydrogens is 382 g/mol. The normalized spacial score (nSPS) is 13.9. The molecule has 8 heteroatoms. The van der Waals surface area contributed by atoms with Crippen molar-refractivity contribution in [3.05, 3.63) is 41.4 Å². The summed E-state index contributed by atoms with van der Waals surface area (Å²) in [6.45, 7) is 2.62. The number of methoxy groups -OCH3 is 3. The number of amides is 2. The van der Waals surface area contributed by atoms with E-state index >= 15 is 0 Å². The summed E-state index contributed by atoms with van der Waals surface area (Å²) in [6.07, 6.45) is 0. The number of anilines is 2. The molecule has 1 saturated heterocycles. The molecular formula is C20H24ClN3O4. The fourth-order valence-electron chi connectivity index (χ4n) is 3.15. The summed E-state index contributed by atoms with van der Waals surface area (Å²) in [7, 11) is 4.78. The number of halogens is 1. The number of benzene rings is 2. The summed E-state index contributed by atoms with van der Waals surface area (Å²) >= 11 is 5.88. The number of carbonyl (C=O) groups is 1. The molecule has 1 aliphatic rings. The Balaban J connectivity index is 1.65. The van der Waals surface area contributed by atoms with E-state index in [1.165, 1.54) is 0 Å². The Kier molecular flexibility index (Phi) is 6.36. The molecule has 150 valence electrons. The van der Waals surface area contributed by atoms with Gasteiger partial charge in [-0.1, -0.05) is 11.6 Å². The van der Waals surface area contributed by atoms with Crippen LogP contribution in [0.5, 0.6) is 17.2 Å². The van der Waals surface area contributed by atoms with Gasteiger partial charge in [0.05, 0.1) is 21.3 Å². The monoisotopic (exact) mass is 405 g/mol. The van der Waals surface area contributed by atoms with E-state index in [0.29, 0.717) is 48.5 Å². The van der Waals surface area contributed by atoms with E-state index in [1.54, 1.807) is 50.5 Å². The van der Waals surface area contributed by atoms with Gasteiger partial charge in [0.2, 0.25) is 5.75 Å². The number of hydrogen-bond donors (Lipinski definition) is 1. The maximum absolute atomic E-state index is 12.5. The minimum atomic E-state index is -0.119. The molecule has 1 heterocycles. The summed E-state index contributed by atoms with van der Waals surface area (Å²) in [6, 6.07) is 10.8. The average molecular weight is 406 g/mol. The standard InChI is InChI=1S/C20H24ClN3O4/c1-26-17-12-16(13-18(27-2)19(17)28-3)23-8-10-24(11-9-23)20(25)22-15-6-4-14(21)5-7-15/h4-7,12-13H,8-11H2,1-3H3,(H,22,25). The fourth-order valence-corrected chi connectivity index (χ4v) is 3.28. The highest BCUT2D eigenvalue weighted by Gasteiger charge is 2.23. The van der Waals surface area contributed by atoms with Crippen molar-refractivity contribution in [1.82, 2.24) is 4.90 Å². The van der Waals surface area contributed by atoms with E-state index in [0.717, 1.165) is 11.4 Å². The zero-order chi connectivity index (χ0) is 20.1. The van der Waals surface area contributed by atoms with E-state index in [4.69, 9.17) is 25.8 Å². The Morgan fingerprint density at radius 3 is 2.00 bits per heavy atom. The maximum atomic E-state index is 12.5. The first-order valence-electron chi connectivity index (χ1n) is 8.92. The van der Waals surface area contributed by atoms with Crippen LogP contribution >= 0.6 is 11.6 Å². The zero-order valence-corrected chi connectivity index (χ0v) is 17.0. The van der Waals surface area contributed by atoms with Crippen molar-refractivity contribution < 1.29 is 19.0 Å². The third kappa shape index (κ3) is 4.36. The van der Waals surface area contributed by atoms with Crippen LogP contribution in [0.2, 0.25) is 5.02 Å². The fraction of sp³-hybridized carbons (Fsp3) is 0.350. The van der Waals surface area contributed by atoms with E-state index in [1.807, 2.05) is 12.1 Å². The van der Waals surface area contributed by atoms with Crippen molar-refractivity contribution in [3.63, 3.8) is 0 Å². The van der Waals surface area contributed by atoms with E-state index < -0.39 is 0 Å². The number of hydrogen-bond acceptors (Lipinski definition) is 5. The second kappa shape index (κ2) is 8.93. The number of ether oxygens (including phenoxy) is 3. The van der Waals surface area contributed by atoms with Gasteiger partial charge in [-0.05, 0) is 24.3 Å². The summed E-state index contributed by atoms with van der Waals surface area (Å²) in [4.78, 5) is 16.5. The summed E-state index contributed by atoms with van der Waals surface area (Å²) in [5, 5.41) is 3.53. The highest BCUT2D eigenvalue weighted by Crippen LogP contribution is 2.41. The minimum absolute atomic E-state index is 0.119. The molecule has 0 aliphatic carbocycles. The quantitative estimate of drug-likeness (QED) is 0.821. The zero-order valence-electron chi connectivity index (χ0n) is 16.2.